The minimum Gasteiger partial charge on any atom is -0.334 e. The molecule has 0 unspecified atom stereocenters. The Morgan fingerprint density at radius 1 is 1.15 bits per heavy atom. The van der Waals surface area contributed by atoms with Crippen molar-refractivity contribution in [3.05, 3.63) is 72.9 Å². The largest absolute Gasteiger partial charge is 0.334 e. The summed E-state index contributed by atoms with van der Waals surface area (Å²) < 4.78 is 20.1. The number of carbonyl (C=O) groups is 1. The zero-order valence-electron chi connectivity index (χ0n) is 14.0. The third-order valence-corrected chi connectivity index (χ3v) is 3.74. The number of hydrogen-bond acceptors (Lipinski definition) is 5. The molecule has 1 N–H and O–H groups in total. The van der Waals surface area contributed by atoms with Crippen LogP contribution in [0.4, 0.5) is 10.1 Å². The molecule has 0 aliphatic rings. The van der Waals surface area contributed by atoms with E-state index in [-0.39, 0.29) is 30.0 Å². The lowest BCUT2D eigenvalue weighted by Crippen LogP contribution is -2.17. The van der Waals surface area contributed by atoms with Crippen molar-refractivity contribution < 1.29 is 13.7 Å². The van der Waals surface area contributed by atoms with Gasteiger partial charge in [0.15, 0.2) is 0 Å². The van der Waals surface area contributed by atoms with Gasteiger partial charge < -0.3 is 14.4 Å². The predicted molar refractivity (Wildman–Crippen MR) is 96.0 cm³/mol. The van der Waals surface area contributed by atoms with Gasteiger partial charge in [-0.25, -0.2) is 9.37 Å². The molecule has 0 saturated heterocycles. The summed E-state index contributed by atoms with van der Waals surface area (Å²) in [5.74, 6) is -0.114. The van der Waals surface area contributed by atoms with Crippen LogP contribution in [0, 0.1) is 5.82 Å². The minimum atomic E-state index is -0.388. The van der Waals surface area contributed by atoms with E-state index in [1.807, 2.05) is 30.3 Å². The Hall–Kier alpha value is -3.81. The number of para-hydroxylation sites is 1. The van der Waals surface area contributed by atoms with E-state index in [1.165, 1.54) is 18.5 Å². The maximum absolute atomic E-state index is 13.3. The smallest absolute Gasteiger partial charge is 0.258 e. The van der Waals surface area contributed by atoms with Gasteiger partial charge in [-0.3, -0.25) is 4.79 Å². The van der Waals surface area contributed by atoms with E-state index >= 15 is 0 Å². The zero-order chi connectivity index (χ0) is 18.6. The van der Waals surface area contributed by atoms with E-state index in [0.29, 0.717) is 11.3 Å². The molecule has 8 heteroatoms. The summed E-state index contributed by atoms with van der Waals surface area (Å²) in [6.45, 7) is 0.0937. The summed E-state index contributed by atoms with van der Waals surface area (Å²) in [7, 11) is 0. The molecule has 2 aromatic carbocycles. The normalized spacial score (nSPS) is 10.7. The molecule has 1 amide bonds. The van der Waals surface area contributed by atoms with Crippen LogP contribution < -0.4 is 5.32 Å². The summed E-state index contributed by atoms with van der Waals surface area (Å²) in [5.41, 5.74) is 1.66. The fraction of sp³-hybridized carbons (Fsp3) is 0.0526. The summed E-state index contributed by atoms with van der Waals surface area (Å²) in [6, 6.07) is 15.1. The van der Waals surface area contributed by atoms with Gasteiger partial charge in [-0.2, -0.15) is 4.98 Å². The third kappa shape index (κ3) is 3.90. The number of halogens is 1. The van der Waals surface area contributed by atoms with Crippen molar-refractivity contribution in [1.82, 2.24) is 19.7 Å². The lowest BCUT2D eigenvalue weighted by molar-refractivity contribution is -0.116. The standard InChI is InChI=1S/C19H14FN5O2/c20-14-6-4-5-13(9-14)19-23-18(24-27-19)16-10-25(12-21-16)11-17(26)22-15-7-2-1-3-8-15/h1-10,12H,11H2,(H,22,26). The number of imidazole rings is 1. The van der Waals surface area contributed by atoms with Crippen molar-refractivity contribution in [3.63, 3.8) is 0 Å². The van der Waals surface area contributed by atoms with Crippen LogP contribution in [0.2, 0.25) is 0 Å². The zero-order valence-corrected chi connectivity index (χ0v) is 14.0. The molecule has 0 spiro atoms. The van der Waals surface area contributed by atoms with Gasteiger partial charge in [0.2, 0.25) is 11.7 Å². The second-order valence-corrected chi connectivity index (χ2v) is 5.78. The summed E-state index contributed by atoms with van der Waals surface area (Å²) in [5, 5.41) is 6.67. The first-order chi connectivity index (χ1) is 13.2. The van der Waals surface area contributed by atoms with Crippen LogP contribution in [-0.4, -0.2) is 25.6 Å². The van der Waals surface area contributed by atoms with E-state index in [4.69, 9.17) is 4.52 Å². The Balaban J connectivity index is 1.46. The average molecular weight is 363 g/mol. The number of hydrogen-bond donors (Lipinski definition) is 1. The lowest BCUT2D eigenvalue weighted by atomic mass is 10.2. The van der Waals surface area contributed by atoms with Gasteiger partial charge >= 0.3 is 0 Å². The number of anilines is 1. The summed E-state index contributed by atoms with van der Waals surface area (Å²) in [4.78, 5) is 20.5. The highest BCUT2D eigenvalue weighted by molar-refractivity contribution is 5.90. The summed E-state index contributed by atoms with van der Waals surface area (Å²) >= 11 is 0. The molecule has 0 saturated carbocycles. The fourth-order valence-electron chi connectivity index (χ4n) is 2.52. The molecule has 0 bridgehead atoms. The maximum Gasteiger partial charge on any atom is 0.258 e. The fourth-order valence-corrected chi connectivity index (χ4v) is 2.52. The first-order valence-corrected chi connectivity index (χ1v) is 8.14. The van der Waals surface area contributed by atoms with Crippen molar-refractivity contribution in [3.8, 4) is 23.0 Å². The second-order valence-electron chi connectivity index (χ2n) is 5.78. The third-order valence-electron chi connectivity index (χ3n) is 3.74. The Bertz CT molecular complexity index is 1070. The number of amides is 1. The van der Waals surface area contributed by atoms with E-state index in [2.05, 4.69) is 20.4 Å². The molecule has 0 radical (unpaired) electrons. The van der Waals surface area contributed by atoms with Crippen LogP contribution >= 0.6 is 0 Å². The van der Waals surface area contributed by atoms with Crippen molar-refractivity contribution in [2.75, 3.05) is 5.32 Å². The molecule has 2 aromatic heterocycles. The molecule has 4 aromatic rings. The molecule has 0 aliphatic carbocycles. The van der Waals surface area contributed by atoms with Crippen molar-refractivity contribution in [1.29, 1.82) is 0 Å². The van der Waals surface area contributed by atoms with Crippen LogP contribution in [0.25, 0.3) is 23.0 Å². The van der Waals surface area contributed by atoms with E-state index in [9.17, 15) is 9.18 Å². The van der Waals surface area contributed by atoms with Crippen molar-refractivity contribution in [2.45, 2.75) is 6.54 Å². The van der Waals surface area contributed by atoms with Gasteiger partial charge in [-0.05, 0) is 30.3 Å². The Morgan fingerprint density at radius 2 is 2.00 bits per heavy atom. The highest BCUT2D eigenvalue weighted by Gasteiger charge is 2.14. The van der Waals surface area contributed by atoms with E-state index in [1.54, 1.807) is 22.9 Å². The number of nitrogens with one attached hydrogen (secondary N) is 1. The molecule has 0 aliphatic heterocycles. The molecular formula is C19H14FN5O2. The number of nitrogens with zero attached hydrogens (tertiary/aromatic N) is 4. The first kappa shape index (κ1) is 16.6. The molecule has 0 atom stereocenters. The monoisotopic (exact) mass is 363 g/mol. The quantitative estimate of drug-likeness (QED) is 0.587. The number of benzene rings is 2. The second kappa shape index (κ2) is 7.20. The topological polar surface area (TPSA) is 85.8 Å². The molecule has 134 valence electrons. The van der Waals surface area contributed by atoms with Gasteiger partial charge in [0, 0.05) is 17.4 Å². The van der Waals surface area contributed by atoms with Crippen LogP contribution in [0.5, 0.6) is 0 Å². The molecule has 7 nitrogen and oxygen atoms in total. The number of rotatable bonds is 5. The van der Waals surface area contributed by atoms with E-state index < -0.39 is 0 Å². The number of carbonyl (C=O) groups excluding carboxylic acids is 1. The van der Waals surface area contributed by atoms with Crippen molar-refractivity contribution in [2.24, 2.45) is 0 Å². The molecule has 27 heavy (non-hydrogen) atoms. The number of aromatic nitrogens is 4. The molecule has 4 rings (SSSR count). The van der Waals surface area contributed by atoms with Gasteiger partial charge in [-0.1, -0.05) is 29.4 Å². The SMILES string of the molecule is O=C(Cn1cnc(-c2noc(-c3cccc(F)c3)n2)c1)Nc1ccccc1. The molecule has 2 heterocycles. The Kier molecular flexibility index (Phi) is 4.44. The van der Waals surface area contributed by atoms with E-state index in [0.717, 1.165) is 5.69 Å². The Morgan fingerprint density at radius 3 is 2.81 bits per heavy atom. The Labute approximate surface area is 153 Å². The van der Waals surface area contributed by atoms with Crippen LogP contribution in [-0.2, 0) is 11.3 Å². The first-order valence-electron chi connectivity index (χ1n) is 8.14. The van der Waals surface area contributed by atoms with Crippen LogP contribution in [0.15, 0.2) is 71.6 Å². The van der Waals surface area contributed by atoms with Crippen LogP contribution in [0.3, 0.4) is 0 Å². The summed E-state index contributed by atoms with van der Waals surface area (Å²) in [6.07, 6.45) is 3.16. The highest BCUT2D eigenvalue weighted by atomic mass is 19.1. The molecule has 0 fully saturated rings. The van der Waals surface area contributed by atoms with Gasteiger partial charge in [-0.15, -0.1) is 0 Å². The van der Waals surface area contributed by atoms with Gasteiger partial charge in [0.25, 0.3) is 5.89 Å². The van der Waals surface area contributed by atoms with Crippen molar-refractivity contribution >= 4 is 11.6 Å². The minimum absolute atomic E-state index is 0.0937. The predicted octanol–water partition coefficient (Wildman–Crippen LogP) is 3.38. The lowest BCUT2D eigenvalue weighted by Gasteiger charge is -2.04. The highest BCUT2D eigenvalue weighted by Crippen LogP contribution is 2.21. The van der Waals surface area contributed by atoms with Crippen LogP contribution in [0.1, 0.15) is 0 Å². The molecular weight excluding hydrogens is 349 g/mol. The maximum atomic E-state index is 13.3. The van der Waals surface area contributed by atoms with Gasteiger partial charge in [0.1, 0.15) is 18.1 Å². The van der Waals surface area contributed by atoms with Gasteiger partial charge in [0.05, 0.1) is 6.33 Å². The average Bonchev–Trinajstić information content (AvgIpc) is 3.32.